The van der Waals surface area contributed by atoms with Crippen LogP contribution in [0.25, 0.3) is 0 Å². The summed E-state index contributed by atoms with van der Waals surface area (Å²) in [7, 11) is 0. The summed E-state index contributed by atoms with van der Waals surface area (Å²) in [6, 6.07) is 6.37. The van der Waals surface area contributed by atoms with Gasteiger partial charge in [0.25, 0.3) is 5.69 Å². The summed E-state index contributed by atoms with van der Waals surface area (Å²) in [5.74, 6) is 2.93. The number of non-ortho nitro benzene ring substituents is 1. The lowest BCUT2D eigenvalue weighted by Gasteiger charge is -2.28. The number of hydrogen-bond acceptors (Lipinski definition) is 8. The highest BCUT2D eigenvalue weighted by Gasteiger charge is 2.34. The molecule has 2 saturated heterocycles. The zero-order chi connectivity index (χ0) is 21.7. The molecule has 0 aliphatic carbocycles. The number of nitrogens with zero attached hydrogens (tertiary/aromatic N) is 1. The number of Topliss-reactive ketones (excluding diaryl/α,β-unsaturated/α-hetero) is 2. The van der Waals surface area contributed by atoms with Crippen molar-refractivity contribution in [1.82, 2.24) is 0 Å². The second-order valence-electron chi connectivity index (χ2n) is 6.90. The monoisotopic (exact) mass is 481 g/mol. The van der Waals surface area contributed by atoms with Crippen LogP contribution in [0.1, 0.15) is 38.2 Å². The number of allylic oxidation sites excluding steroid dienone is 2. The Balaban J connectivity index is 2.27. The highest BCUT2D eigenvalue weighted by Crippen LogP contribution is 2.49. The third kappa shape index (κ3) is 5.55. The van der Waals surface area contributed by atoms with Crippen LogP contribution in [0.2, 0.25) is 0 Å². The first-order valence-corrected chi connectivity index (χ1v) is 13.6. The van der Waals surface area contributed by atoms with Crippen molar-refractivity contribution in [2.75, 3.05) is 23.0 Å². The molecule has 0 spiro atoms. The minimum atomic E-state index is -0.596. The van der Waals surface area contributed by atoms with Crippen LogP contribution < -0.4 is 0 Å². The number of nitro benzene ring substituents is 1. The molecule has 30 heavy (non-hydrogen) atoms. The van der Waals surface area contributed by atoms with E-state index in [4.69, 9.17) is 0 Å². The van der Waals surface area contributed by atoms with Crippen molar-refractivity contribution in [2.24, 2.45) is 0 Å². The standard InChI is InChI=1S/C21H23NO4S4/c1-13(23)17(20-27-8-4-9-28-20)19(15-6-3-7-16(12-15)22(25)26)18(14(2)24)21-29-10-5-11-30-21/h3,6-7,12,19H,4-5,8-11H2,1-2H3. The molecule has 1 aromatic carbocycles. The van der Waals surface area contributed by atoms with Gasteiger partial charge >= 0.3 is 0 Å². The zero-order valence-corrected chi connectivity index (χ0v) is 20.1. The van der Waals surface area contributed by atoms with Gasteiger partial charge in [-0.15, -0.1) is 47.0 Å². The fourth-order valence-electron chi connectivity index (χ4n) is 3.40. The lowest BCUT2D eigenvalue weighted by atomic mass is 9.82. The van der Waals surface area contributed by atoms with E-state index in [2.05, 4.69) is 0 Å². The quantitative estimate of drug-likeness (QED) is 0.277. The molecule has 0 radical (unpaired) electrons. The lowest BCUT2D eigenvalue weighted by molar-refractivity contribution is -0.384. The van der Waals surface area contributed by atoms with E-state index in [0.29, 0.717) is 16.7 Å². The van der Waals surface area contributed by atoms with Crippen LogP contribution >= 0.6 is 47.0 Å². The first kappa shape index (κ1) is 23.5. The predicted molar refractivity (Wildman–Crippen MR) is 130 cm³/mol. The highest BCUT2D eigenvalue weighted by atomic mass is 32.2. The van der Waals surface area contributed by atoms with E-state index in [-0.39, 0.29) is 17.3 Å². The summed E-state index contributed by atoms with van der Waals surface area (Å²) < 4.78 is 1.88. The summed E-state index contributed by atoms with van der Waals surface area (Å²) in [5, 5.41) is 11.4. The van der Waals surface area contributed by atoms with Gasteiger partial charge in [0.05, 0.1) is 4.92 Å². The molecule has 9 heteroatoms. The summed E-state index contributed by atoms with van der Waals surface area (Å²) in [4.78, 5) is 36.8. The molecule has 0 bridgehead atoms. The van der Waals surface area contributed by atoms with Crippen molar-refractivity contribution in [3.8, 4) is 0 Å². The molecular weight excluding hydrogens is 459 g/mol. The fourth-order valence-corrected chi connectivity index (χ4v) is 8.99. The average molecular weight is 482 g/mol. The minimum absolute atomic E-state index is 0.0359. The highest BCUT2D eigenvalue weighted by molar-refractivity contribution is 8.23. The first-order chi connectivity index (χ1) is 14.4. The second-order valence-corrected chi connectivity index (χ2v) is 11.8. The molecule has 2 heterocycles. The number of carbonyl (C=O) groups is 2. The van der Waals surface area contributed by atoms with Gasteiger partial charge in [-0.3, -0.25) is 19.7 Å². The van der Waals surface area contributed by atoms with Crippen molar-refractivity contribution >= 4 is 64.3 Å². The lowest BCUT2D eigenvalue weighted by Crippen LogP contribution is -2.20. The topological polar surface area (TPSA) is 77.3 Å². The Morgan fingerprint density at radius 1 is 0.900 bits per heavy atom. The molecule has 2 aliphatic heterocycles. The van der Waals surface area contributed by atoms with Crippen molar-refractivity contribution < 1.29 is 14.5 Å². The van der Waals surface area contributed by atoms with Gasteiger partial charge in [-0.05, 0) is 55.3 Å². The van der Waals surface area contributed by atoms with E-state index in [1.165, 1.54) is 26.0 Å². The van der Waals surface area contributed by atoms with E-state index in [1.807, 2.05) is 0 Å². The van der Waals surface area contributed by atoms with Gasteiger partial charge in [0, 0.05) is 37.7 Å². The van der Waals surface area contributed by atoms with Crippen molar-refractivity contribution in [2.45, 2.75) is 32.6 Å². The zero-order valence-electron chi connectivity index (χ0n) is 16.8. The Hall–Kier alpha value is -1.16. The Kier molecular flexibility index (Phi) is 8.56. The number of benzene rings is 1. The average Bonchev–Trinajstić information content (AvgIpc) is 2.74. The van der Waals surface area contributed by atoms with E-state index >= 15 is 0 Å². The molecular formula is C21H23NO4S4. The Bertz CT molecular complexity index is 863. The van der Waals surface area contributed by atoms with Crippen molar-refractivity contribution in [1.29, 1.82) is 0 Å². The molecule has 5 nitrogen and oxygen atoms in total. The SMILES string of the molecule is CC(=O)C(=C1SCCCS1)C(C(C(C)=O)=C1SCCCS1)c1cccc([N+](=O)[O-])c1. The Morgan fingerprint density at radius 3 is 1.77 bits per heavy atom. The van der Waals surface area contributed by atoms with E-state index < -0.39 is 10.8 Å². The number of hydrogen-bond donors (Lipinski definition) is 0. The maximum absolute atomic E-state index is 12.9. The molecule has 2 fully saturated rings. The Morgan fingerprint density at radius 2 is 1.37 bits per heavy atom. The normalized spacial score (nSPS) is 17.0. The minimum Gasteiger partial charge on any atom is -0.295 e. The van der Waals surface area contributed by atoms with Crippen LogP contribution in [-0.2, 0) is 9.59 Å². The summed E-state index contributed by atoms with van der Waals surface area (Å²) in [6.07, 6.45) is 2.13. The van der Waals surface area contributed by atoms with Crippen molar-refractivity contribution in [3.63, 3.8) is 0 Å². The van der Waals surface area contributed by atoms with Gasteiger partial charge < -0.3 is 0 Å². The summed E-state index contributed by atoms with van der Waals surface area (Å²) >= 11 is 6.60. The molecule has 1 aromatic rings. The van der Waals surface area contributed by atoms with Gasteiger partial charge in [-0.1, -0.05) is 12.1 Å². The third-order valence-corrected chi connectivity index (χ3v) is 10.0. The molecule has 0 saturated carbocycles. The van der Waals surface area contributed by atoms with E-state index in [1.54, 1.807) is 59.2 Å². The molecule has 0 aromatic heterocycles. The van der Waals surface area contributed by atoms with Gasteiger partial charge in [0.15, 0.2) is 11.6 Å². The van der Waals surface area contributed by atoms with Crippen LogP contribution in [0.15, 0.2) is 43.9 Å². The molecule has 0 N–H and O–H groups in total. The van der Waals surface area contributed by atoms with Crippen LogP contribution in [0.4, 0.5) is 5.69 Å². The number of nitro groups is 1. The molecule has 3 rings (SSSR count). The van der Waals surface area contributed by atoms with Crippen molar-refractivity contribution in [3.05, 3.63) is 59.6 Å². The predicted octanol–water partition coefficient (Wildman–Crippen LogP) is 6.02. The first-order valence-electron chi connectivity index (χ1n) is 9.66. The number of carbonyl (C=O) groups excluding carboxylic acids is 2. The third-order valence-electron chi connectivity index (χ3n) is 4.70. The number of ketones is 2. The van der Waals surface area contributed by atoms with Crippen LogP contribution in [0.3, 0.4) is 0 Å². The molecule has 0 amide bonds. The smallest absolute Gasteiger partial charge is 0.269 e. The number of rotatable bonds is 6. The molecule has 2 aliphatic rings. The molecule has 0 unspecified atom stereocenters. The summed E-state index contributed by atoms with van der Waals surface area (Å²) in [6.45, 7) is 3.07. The second kappa shape index (κ2) is 10.9. The largest absolute Gasteiger partial charge is 0.295 e. The van der Waals surface area contributed by atoms with Crippen LogP contribution in [0, 0.1) is 10.1 Å². The van der Waals surface area contributed by atoms with Gasteiger partial charge in [-0.25, -0.2) is 0 Å². The van der Waals surface area contributed by atoms with Gasteiger partial charge in [0.2, 0.25) is 0 Å². The molecule has 0 atom stereocenters. The van der Waals surface area contributed by atoms with Crippen LogP contribution in [-0.4, -0.2) is 39.5 Å². The van der Waals surface area contributed by atoms with Gasteiger partial charge in [-0.2, -0.15) is 0 Å². The maximum atomic E-state index is 12.9. The number of thioether (sulfide) groups is 4. The maximum Gasteiger partial charge on any atom is 0.269 e. The fraction of sp³-hybridized carbons (Fsp3) is 0.429. The Labute approximate surface area is 193 Å². The van der Waals surface area contributed by atoms with E-state index in [9.17, 15) is 19.7 Å². The summed E-state index contributed by atoms with van der Waals surface area (Å²) in [5.41, 5.74) is 1.77. The van der Waals surface area contributed by atoms with Gasteiger partial charge in [0.1, 0.15) is 0 Å². The van der Waals surface area contributed by atoms with Crippen LogP contribution in [0.5, 0.6) is 0 Å². The van der Waals surface area contributed by atoms with E-state index in [0.717, 1.165) is 44.3 Å². The molecule has 160 valence electrons.